The molecular weight excluding hydrogens is 132 g/mol. The van der Waals surface area contributed by atoms with E-state index in [1.807, 2.05) is 0 Å². The van der Waals surface area contributed by atoms with E-state index in [9.17, 15) is 0 Å². The molecule has 0 aromatic rings. The van der Waals surface area contributed by atoms with Gasteiger partial charge >= 0.3 is 0 Å². The van der Waals surface area contributed by atoms with Crippen LogP contribution in [-0.2, 0) is 0 Å². The van der Waals surface area contributed by atoms with Crippen LogP contribution in [0.15, 0.2) is 0 Å². The normalized spacial score (nSPS) is 49.9. The van der Waals surface area contributed by atoms with Crippen molar-refractivity contribution < 1.29 is 0 Å². The summed E-state index contributed by atoms with van der Waals surface area (Å²) in [7, 11) is 0. The standard InChI is InChI=1S/C11H20/c1-7(2)8(3)10-5-9-6-11(9,10)4/h7-10H,5-6H2,1-4H3. The van der Waals surface area contributed by atoms with Crippen LogP contribution >= 0.6 is 0 Å². The summed E-state index contributed by atoms with van der Waals surface area (Å²) in [6, 6.07) is 0. The fourth-order valence-electron chi connectivity index (χ4n) is 2.97. The summed E-state index contributed by atoms with van der Waals surface area (Å²) >= 11 is 0. The molecule has 0 radical (unpaired) electrons. The van der Waals surface area contributed by atoms with Crippen LogP contribution in [0.2, 0.25) is 0 Å². The number of hydrogen-bond donors (Lipinski definition) is 0. The van der Waals surface area contributed by atoms with Gasteiger partial charge in [0.25, 0.3) is 0 Å². The van der Waals surface area contributed by atoms with Gasteiger partial charge in [-0.25, -0.2) is 0 Å². The molecule has 4 unspecified atom stereocenters. The molecule has 0 heteroatoms. The first-order valence-corrected chi connectivity index (χ1v) is 5.05. The highest BCUT2D eigenvalue weighted by atomic mass is 14.7. The van der Waals surface area contributed by atoms with Gasteiger partial charge < -0.3 is 0 Å². The smallest absolute Gasteiger partial charge is 0.0263 e. The van der Waals surface area contributed by atoms with Crippen LogP contribution in [0.3, 0.4) is 0 Å². The third kappa shape index (κ3) is 0.878. The van der Waals surface area contributed by atoms with Crippen LogP contribution < -0.4 is 0 Å². The minimum Gasteiger partial charge on any atom is -0.0625 e. The topological polar surface area (TPSA) is 0 Å². The molecule has 0 saturated heterocycles. The second kappa shape index (κ2) is 2.02. The van der Waals surface area contributed by atoms with Crippen LogP contribution in [0.25, 0.3) is 0 Å². The molecule has 0 heterocycles. The van der Waals surface area contributed by atoms with Gasteiger partial charge in [0, 0.05) is 0 Å². The molecule has 0 amide bonds. The Labute approximate surface area is 70.4 Å². The maximum absolute atomic E-state index is 2.49. The fraction of sp³-hybridized carbons (Fsp3) is 1.00. The summed E-state index contributed by atoms with van der Waals surface area (Å²) < 4.78 is 0. The summed E-state index contributed by atoms with van der Waals surface area (Å²) in [5.74, 6) is 4.04. The van der Waals surface area contributed by atoms with Crippen molar-refractivity contribution in [1.29, 1.82) is 0 Å². The SMILES string of the molecule is CC(C)C(C)C1CC2CC21C. The van der Waals surface area contributed by atoms with Crippen LogP contribution in [-0.4, -0.2) is 0 Å². The molecule has 0 aromatic heterocycles. The summed E-state index contributed by atoms with van der Waals surface area (Å²) in [5, 5.41) is 0. The lowest BCUT2D eigenvalue weighted by atomic mass is 9.65. The van der Waals surface area contributed by atoms with Gasteiger partial charge in [-0.2, -0.15) is 0 Å². The van der Waals surface area contributed by atoms with E-state index in [2.05, 4.69) is 27.7 Å². The highest BCUT2D eigenvalue weighted by Crippen LogP contribution is 2.73. The Morgan fingerprint density at radius 1 is 1.27 bits per heavy atom. The minimum atomic E-state index is 0.809. The zero-order valence-corrected chi connectivity index (χ0v) is 8.22. The van der Waals surface area contributed by atoms with Gasteiger partial charge in [0.1, 0.15) is 0 Å². The van der Waals surface area contributed by atoms with Gasteiger partial charge in [0.2, 0.25) is 0 Å². The molecule has 2 saturated carbocycles. The van der Waals surface area contributed by atoms with Crippen molar-refractivity contribution in [3.8, 4) is 0 Å². The highest BCUT2D eigenvalue weighted by molar-refractivity contribution is 5.14. The first-order chi connectivity index (χ1) is 5.05. The Kier molecular flexibility index (Phi) is 1.41. The highest BCUT2D eigenvalue weighted by Gasteiger charge is 2.65. The Hall–Kier alpha value is 0. The predicted octanol–water partition coefficient (Wildman–Crippen LogP) is 3.32. The first kappa shape index (κ1) is 7.64. The van der Waals surface area contributed by atoms with Crippen molar-refractivity contribution in [2.75, 3.05) is 0 Å². The lowest BCUT2D eigenvalue weighted by Gasteiger charge is -2.40. The Morgan fingerprint density at radius 2 is 1.91 bits per heavy atom. The molecule has 0 bridgehead atoms. The average molecular weight is 152 g/mol. The molecule has 11 heavy (non-hydrogen) atoms. The van der Waals surface area contributed by atoms with Gasteiger partial charge in [0.05, 0.1) is 0 Å². The molecular formula is C11H20. The van der Waals surface area contributed by atoms with Crippen molar-refractivity contribution in [2.45, 2.75) is 40.5 Å². The third-order valence-electron chi connectivity index (χ3n) is 4.53. The Bertz CT molecular complexity index is 171. The fourth-order valence-corrected chi connectivity index (χ4v) is 2.97. The number of fused-ring (bicyclic) bond motifs is 1. The maximum atomic E-state index is 2.49. The van der Waals surface area contributed by atoms with Gasteiger partial charge in [-0.15, -0.1) is 0 Å². The van der Waals surface area contributed by atoms with Crippen LogP contribution in [0.5, 0.6) is 0 Å². The molecule has 4 atom stereocenters. The number of hydrogen-bond acceptors (Lipinski definition) is 0. The molecule has 0 aliphatic heterocycles. The summed E-state index contributed by atoms with van der Waals surface area (Å²) in [5.41, 5.74) is 0.809. The van der Waals surface area contributed by atoms with E-state index in [-0.39, 0.29) is 0 Å². The van der Waals surface area contributed by atoms with Gasteiger partial charge in [-0.05, 0) is 41.9 Å². The predicted molar refractivity (Wildman–Crippen MR) is 48.3 cm³/mol. The maximum Gasteiger partial charge on any atom is -0.0263 e. The molecule has 2 rings (SSSR count). The largest absolute Gasteiger partial charge is 0.0625 e. The van der Waals surface area contributed by atoms with E-state index in [1.54, 1.807) is 0 Å². The molecule has 0 N–H and O–H groups in total. The Morgan fingerprint density at radius 3 is 2.18 bits per heavy atom. The zero-order valence-electron chi connectivity index (χ0n) is 8.22. The molecule has 0 aromatic carbocycles. The molecule has 0 spiro atoms. The van der Waals surface area contributed by atoms with Gasteiger partial charge in [-0.3, -0.25) is 0 Å². The summed E-state index contributed by atoms with van der Waals surface area (Å²) in [6.07, 6.45) is 3.07. The van der Waals surface area contributed by atoms with E-state index in [0.29, 0.717) is 0 Å². The van der Waals surface area contributed by atoms with E-state index in [0.717, 1.165) is 29.1 Å². The van der Waals surface area contributed by atoms with Crippen molar-refractivity contribution in [3.05, 3.63) is 0 Å². The second-order valence-electron chi connectivity index (χ2n) is 5.35. The molecule has 2 fully saturated rings. The van der Waals surface area contributed by atoms with Crippen molar-refractivity contribution >= 4 is 0 Å². The zero-order chi connectivity index (χ0) is 8.22. The van der Waals surface area contributed by atoms with E-state index >= 15 is 0 Å². The summed E-state index contributed by atoms with van der Waals surface area (Å²) in [6.45, 7) is 9.66. The van der Waals surface area contributed by atoms with Crippen LogP contribution in [0.1, 0.15) is 40.5 Å². The monoisotopic (exact) mass is 152 g/mol. The van der Waals surface area contributed by atoms with Crippen molar-refractivity contribution in [3.63, 3.8) is 0 Å². The van der Waals surface area contributed by atoms with E-state index < -0.39 is 0 Å². The van der Waals surface area contributed by atoms with Gasteiger partial charge in [-0.1, -0.05) is 27.7 Å². The molecule has 2 aliphatic carbocycles. The van der Waals surface area contributed by atoms with Crippen molar-refractivity contribution in [1.82, 2.24) is 0 Å². The number of rotatable bonds is 2. The minimum absolute atomic E-state index is 0.809. The molecule has 0 nitrogen and oxygen atoms in total. The van der Waals surface area contributed by atoms with Crippen LogP contribution in [0, 0.1) is 29.1 Å². The molecule has 2 aliphatic rings. The van der Waals surface area contributed by atoms with Crippen LogP contribution in [0.4, 0.5) is 0 Å². The molecule has 64 valence electrons. The Balaban J connectivity index is 1.97. The van der Waals surface area contributed by atoms with E-state index in [4.69, 9.17) is 0 Å². The lowest BCUT2D eigenvalue weighted by molar-refractivity contribution is 0.0865. The summed E-state index contributed by atoms with van der Waals surface area (Å²) in [4.78, 5) is 0. The third-order valence-corrected chi connectivity index (χ3v) is 4.53. The lowest BCUT2D eigenvalue weighted by Crippen LogP contribution is -2.33. The quantitative estimate of drug-likeness (QED) is 0.569. The van der Waals surface area contributed by atoms with E-state index in [1.165, 1.54) is 12.8 Å². The van der Waals surface area contributed by atoms with Crippen molar-refractivity contribution in [2.24, 2.45) is 29.1 Å². The first-order valence-electron chi connectivity index (χ1n) is 5.05. The van der Waals surface area contributed by atoms with Gasteiger partial charge in [0.15, 0.2) is 0 Å². The average Bonchev–Trinajstić information content (AvgIpc) is 2.41. The second-order valence-corrected chi connectivity index (χ2v) is 5.35.